The van der Waals surface area contributed by atoms with Crippen LogP contribution in [0.25, 0.3) is 0 Å². The number of esters is 2. The van der Waals surface area contributed by atoms with Gasteiger partial charge in [0.15, 0.2) is 6.10 Å². The van der Waals surface area contributed by atoms with Crippen molar-refractivity contribution in [2.75, 3.05) is 47.5 Å². The number of hydrogen-bond acceptors (Lipinski definition) is 7. The Hall–Kier alpha value is -3.01. The lowest BCUT2D eigenvalue weighted by Gasteiger charge is -2.25. The first kappa shape index (κ1) is 72.0. The van der Waals surface area contributed by atoms with E-state index in [0.717, 1.165) is 64.2 Å². The molecule has 0 spiro atoms. The monoisotopic (exact) mass is 1050 g/mol. The van der Waals surface area contributed by atoms with Crippen LogP contribution in [0.3, 0.4) is 0 Å². The van der Waals surface area contributed by atoms with Crippen LogP contribution in [0.4, 0.5) is 0 Å². The van der Waals surface area contributed by atoms with E-state index in [1.807, 2.05) is 21.1 Å². The maximum atomic E-state index is 12.9. The SMILES string of the molecule is CC/C=C\C/C=C\C/C=C\C/C=C\CCCCCCCCCCCCCCCCCCCCC(=O)OC(COC(=O)CCCCCCCCCCC/C=C\CCCCCCCC)COC(OCC[N+](C)(C)C)C(=O)O. The van der Waals surface area contributed by atoms with Gasteiger partial charge >= 0.3 is 17.9 Å². The maximum Gasteiger partial charge on any atom is 0.361 e. The fourth-order valence-corrected chi connectivity index (χ4v) is 8.94. The summed E-state index contributed by atoms with van der Waals surface area (Å²) in [5.41, 5.74) is 0. The zero-order valence-electron chi connectivity index (χ0n) is 49.7. The summed E-state index contributed by atoms with van der Waals surface area (Å²) in [6.07, 6.45) is 70.3. The fraction of sp³-hybridized carbons (Fsp3) is 0.803. The van der Waals surface area contributed by atoms with E-state index in [2.05, 4.69) is 74.6 Å². The van der Waals surface area contributed by atoms with Crippen LogP contribution >= 0.6 is 0 Å². The van der Waals surface area contributed by atoms with Crippen LogP contribution < -0.4 is 0 Å². The molecule has 0 heterocycles. The quantitative estimate of drug-likeness (QED) is 0.0211. The van der Waals surface area contributed by atoms with Crippen LogP contribution in [0.2, 0.25) is 0 Å². The first-order valence-electron chi connectivity index (χ1n) is 31.5. The van der Waals surface area contributed by atoms with Crippen LogP contribution in [-0.4, -0.2) is 87.4 Å². The molecule has 0 aromatic carbocycles. The molecule has 9 heteroatoms. The zero-order chi connectivity index (χ0) is 54.8. The summed E-state index contributed by atoms with van der Waals surface area (Å²) < 4.78 is 22.9. The Morgan fingerprint density at radius 2 is 0.760 bits per heavy atom. The number of quaternary nitrogens is 1. The van der Waals surface area contributed by atoms with Crippen molar-refractivity contribution in [2.45, 2.75) is 296 Å². The molecule has 75 heavy (non-hydrogen) atoms. The zero-order valence-corrected chi connectivity index (χ0v) is 49.7. The Kier molecular flexibility index (Phi) is 54.9. The minimum Gasteiger partial charge on any atom is -0.477 e. The Labute approximate surface area is 463 Å². The van der Waals surface area contributed by atoms with Gasteiger partial charge in [0.1, 0.15) is 13.2 Å². The number of ether oxygens (including phenoxy) is 4. The highest BCUT2D eigenvalue weighted by molar-refractivity contribution is 5.71. The van der Waals surface area contributed by atoms with E-state index in [1.54, 1.807) is 0 Å². The maximum absolute atomic E-state index is 12.9. The second-order valence-corrected chi connectivity index (χ2v) is 22.3. The molecule has 0 saturated carbocycles. The number of carboxylic acid groups (broad SMARTS) is 1. The summed E-state index contributed by atoms with van der Waals surface area (Å²) in [6.45, 7) is 4.79. The van der Waals surface area contributed by atoms with Gasteiger partial charge in [0.2, 0.25) is 0 Å². The molecule has 0 aromatic heterocycles. The van der Waals surface area contributed by atoms with Crippen LogP contribution in [0.15, 0.2) is 60.8 Å². The standard InChI is InChI=1S/C66H119NO8/c1-6-8-10-12-14-16-18-20-22-24-26-27-28-29-30-31-32-33-34-35-36-37-39-41-43-45-47-49-51-53-55-57-64(69)75-62(61-74-66(65(70)71)72-59-58-67(3,4)5)60-73-63(68)56-54-52-50-48-46-44-42-40-38-25-23-21-19-17-15-13-11-9-7-2/h8,10,14,16,20-23,26-27,62,66H,6-7,9,11-13,15,17-19,24-25,28-61H2,1-5H3/p+1/b10-8-,16-14-,22-20-,23-21-,27-26-. The number of hydrogen-bond donors (Lipinski definition) is 1. The summed E-state index contributed by atoms with van der Waals surface area (Å²) in [6, 6.07) is 0. The lowest BCUT2D eigenvalue weighted by Crippen LogP contribution is -2.40. The fourth-order valence-electron chi connectivity index (χ4n) is 8.94. The van der Waals surface area contributed by atoms with E-state index in [4.69, 9.17) is 18.9 Å². The molecule has 0 aromatic rings. The lowest BCUT2D eigenvalue weighted by molar-refractivity contribution is -0.870. The van der Waals surface area contributed by atoms with Crippen molar-refractivity contribution in [1.82, 2.24) is 0 Å². The van der Waals surface area contributed by atoms with Gasteiger partial charge in [-0.3, -0.25) is 9.59 Å². The molecule has 0 aliphatic rings. The minimum absolute atomic E-state index is 0.181. The highest BCUT2D eigenvalue weighted by Crippen LogP contribution is 2.17. The predicted molar refractivity (Wildman–Crippen MR) is 318 cm³/mol. The van der Waals surface area contributed by atoms with E-state index in [0.29, 0.717) is 17.4 Å². The number of unbranched alkanes of at least 4 members (excludes halogenated alkanes) is 33. The lowest BCUT2D eigenvalue weighted by atomic mass is 10.0. The van der Waals surface area contributed by atoms with Crippen LogP contribution in [0, 0.1) is 0 Å². The number of allylic oxidation sites excluding steroid dienone is 10. The normalized spacial score (nSPS) is 13.1. The average Bonchev–Trinajstić information content (AvgIpc) is 3.38. The van der Waals surface area contributed by atoms with Gasteiger partial charge in [-0.1, -0.05) is 254 Å². The number of likely N-dealkylation sites (N-methyl/N-ethyl adjacent to an activating group) is 1. The van der Waals surface area contributed by atoms with E-state index in [-0.39, 0.29) is 32.2 Å². The molecule has 1 N–H and O–H groups in total. The summed E-state index contributed by atoms with van der Waals surface area (Å²) >= 11 is 0. The number of carbonyl (C=O) groups is 3. The third-order valence-corrected chi connectivity index (χ3v) is 13.8. The van der Waals surface area contributed by atoms with Crippen molar-refractivity contribution in [3.8, 4) is 0 Å². The van der Waals surface area contributed by atoms with Gasteiger partial charge in [-0.25, -0.2) is 4.79 Å². The molecule has 2 atom stereocenters. The number of aliphatic carboxylic acids is 1. The molecule has 0 fully saturated rings. The highest BCUT2D eigenvalue weighted by Gasteiger charge is 2.25. The third-order valence-electron chi connectivity index (χ3n) is 13.8. The van der Waals surface area contributed by atoms with Crippen molar-refractivity contribution < 1.29 is 42.9 Å². The number of nitrogens with zero attached hydrogens (tertiary/aromatic N) is 1. The van der Waals surface area contributed by atoms with E-state index in [9.17, 15) is 19.5 Å². The van der Waals surface area contributed by atoms with Crippen LogP contribution in [0.5, 0.6) is 0 Å². The van der Waals surface area contributed by atoms with Crippen molar-refractivity contribution in [3.63, 3.8) is 0 Å². The molecule has 2 unspecified atom stereocenters. The second kappa shape index (κ2) is 57.2. The Morgan fingerprint density at radius 3 is 1.15 bits per heavy atom. The van der Waals surface area contributed by atoms with Crippen LogP contribution in [-0.2, 0) is 33.3 Å². The van der Waals surface area contributed by atoms with Gasteiger partial charge < -0.3 is 28.5 Å². The highest BCUT2D eigenvalue weighted by atomic mass is 16.7. The molecule has 0 aliphatic carbocycles. The van der Waals surface area contributed by atoms with Crippen molar-refractivity contribution in [3.05, 3.63) is 60.8 Å². The first-order valence-corrected chi connectivity index (χ1v) is 31.5. The molecule has 0 radical (unpaired) electrons. The Bertz CT molecular complexity index is 1410. The molecule has 0 aliphatic heterocycles. The summed E-state index contributed by atoms with van der Waals surface area (Å²) in [4.78, 5) is 37.5. The van der Waals surface area contributed by atoms with Gasteiger partial charge in [-0.2, -0.15) is 0 Å². The molecule has 9 nitrogen and oxygen atoms in total. The van der Waals surface area contributed by atoms with E-state index >= 15 is 0 Å². The number of rotatable bonds is 58. The molecular weight excluding hydrogens is 935 g/mol. The van der Waals surface area contributed by atoms with Crippen molar-refractivity contribution >= 4 is 17.9 Å². The molecular formula is C66H120NO8+. The Balaban J connectivity index is 4.13. The third kappa shape index (κ3) is 58.5. The number of carbonyl (C=O) groups excluding carboxylic acids is 2. The average molecular weight is 1060 g/mol. The van der Waals surface area contributed by atoms with Gasteiger partial charge in [0.25, 0.3) is 6.29 Å². The molecule has 0 rings (SSSR count). The predicted octanol–water partition coefficient (Wildman–Crippen LogP) is 18.8. The topological polar surface area (TPSA) is 108 Å². The van der Waals surface area contributed by atoms with Crippen molar-refractivity contribution in [2.24, 2.45) is 0 Å². The molecule has 0 bridgehead atoms. The summed E-state index contributed by atoms with van der Waals surface area (Å²) in [5, 5.41) is 9.72. The minimum atomic E-state index is -1.51. The van der Waals surface area contributed by atoms with E-state index < -0.39 is 24.3 Å². The first-order chi connectivity index (χ1) is 36.6. The molecule has 0 saturated heterocycles. The van der Waals surface area contributed by atoms with Gasteiger partial charge in [-0.15, -0.1) is 0 Å². The molecule has 0 amide bonds. The molecule has 436 valence electrons. The largest absolute Gasteiger partial charge is 0.477 e. The Morgan fingerprint density at radius 1 is 0.413 bits per heavy atom. The summed E-state index contributed by atoms with van der Waals surface area (Å²) in [7, 11) is 5.98. The number of carboxylic acids is 1. The van der Waals surface area contributed by atoms with Gasteiger partial charge in [-0.05, 0) is 77.0 Å². The second-order valence-electron chi connectivity index (χ2n) is 22.3. The smallest absolute Gasteiger partial charge is 0.361 e. The van der Waals surface area contributed by atoms with Gasteiger partial charge in [0, 0.05) is 12.8 Å². The van der Waals surface area contributed by atoms with Gasteiger partial charge in [0.05, 0.1) is 34.4 Å². The van der Waals surface area contributed by atoms with Crippen LogP contribution in [0.1, 0.15) is 284 Å². The van der Waals surface area contributed by atoms with E-state index in [1.165, 1.54) is 193 Å². The van der Waals surface area contributed by atoms with Crippen molar-refractivity contribution in [1.29, 1.82) is 0 Å². The summed E-state index contributed by atoms with van der Waals surface area (Å²) in [5.74, 6) is -1.99.